The topological polar surface area (TPSA) is 80.0 Å². The number of nitrogen functional groups attached to an aromatic ring is 1. The van der Waals surface area contributed by atoms with E-state index in [4.69, 9.17) is 24.7 Å². The van der Waals surface area contributed by atoms with E-state index in [1.54, 1.807) is 6.07 Å². The van der Waals surface area contributed by atoms with Gasteiger partial charge in [-0.25, -0.2) is 4.79 Å². The lowest BCUT2D eigenvalue weighted by Gasteiger charge is -2.14. The van der Waals surface area contributed by atoms with Crippen molar-refractivity contribution in [1.82, 2.24) is 0 Å². The largest absolute Gasteiger partial charge is 0.497 e. The van der Waals surface area contributed by atoms with Gasteiger partial charge in [-0.05, 0) is 6.07 Å². The number of rotatable bonds is 4. The molecule has 0 bridgehead atoms. The normalized spacial score (nSPS) is 18.1. The highest BCUT2D eigenvalue weighted by molar-refractivity contribution is 5.97. The third-order valence-electron chi connectivity index (χ3n) is 2.95. The standard InChI is InChI=1S/C13H17NO5/c1-16-9-5-10(12(14)11(6-9)17-2)13(15)19-8-3-4-18-7-8/h5-6,8H,3-4,7,14H2,1-2H3. The van der Waals surface area contributed by atoms with E-state index in [9.17, 15) is 4.79 Å². The molecule has 6 heteroatoms. The highest BCUT2D eigenvalue weighted by Gasteiger charge is 2.23. The SMILES string of the molecule is COc1cc(OC)c(N)c(C(=O)OC2CCOC2)c1. The zero-order chi connectivity index (χ0) is 13.8. The molecule has 1 aliphatic heterocycles. The molecule has 0 spiro atoms. The number of nitrogens with two attached hydrogens (primary N) is 1. The maximum Gasteiger partial charge on any atom is 0.340 e. The lowest BCUT2D eigenvalue weighted by molar-refractivity contribution is 0.0271. The Morgan fingerprint density at radius 2 is 2.16 bits per heavy atom. The van der Waals surface area contributed by atoms with Crippen LogP contribution in [0.3, 0.4) is 0 Å². The van der Waals surface area contributed by atoms with Crippen LogP contribution in [0.15, 0.2) is 12.1 Å². The fraction of sp³-hybridized carbons (Fsp3) is 0.462. The number of carbonyl (C=O) groups is 1. The van der Waals surface area contributed by atoms with Crippen molar-refractivity contribution in [3.63, 3.8) is 0 Å². The first-order chi connectivity index (χ1) is 9.15. The summed E-state index contributed by atoms with van der Waals surface area (Å²) in [5.41, 5.74) is 6.36. The molecule has 19 heavy (non-hydrogen) atoms. The second-order valence-electron chi connectivity index (χ2n) is 4.18. The molecule has 0 aliphatic carbocycles. The van der Waals surface area contributed by atoms with E-state index in [2.05, 4.69) is 0 Å². The fourth-order valence-corrected chi connectivity index (χ4v) is 1.88. The van der Waals surface area contributed by atoms with Crippen molar-refractivity contribution >= 4 is 11.7 Å². The molecule has 1 saturated heterocycles. The highest BCUT2D eigenvalue weighted by Crippen LogP contribution is 2.31. The summed E-state index contributed by atoms with van der Waals surface area (Å²) in [7, 11) is 2.98. The number of esters is 1. The second kappa shape index (κ2) is 5.79. The minimum atomic E-state index is -0.495. The average Bonchev–Trinajstić information content (AvgIpc) is 2.91. The first kappa shape index (κ1) is 13.5. The second-order valence-corrected chi connectivity index (χ2v) is 4.18. The molecule has 2 N–H and O–H groups in total. The smallest absolute Gasteiger partial charge is 0.340 e. The van der Waals surface area contributed by atoms with Crippen LogP contribution < -0.4 is 15.2 Å². The maximum atomic E-state index is 12.1. The summed E-state index contributed by atoms with van der Waals surface area (Å²) in [5.74, 6) is 0.375. The van der Waals surface area contributed by atoms with Crippen LogP contribution in [0.1, 0.15) is 16.8 Å². The number of benzene rings is 1. The molecule has 1 atom stereocenters. The van der Waals surface area contributed by atoms with Gasteiger partial charge in [-0.3, -0.25) is 0 Å². The molecular formula is C13H17NO5. The molecule has 6 nitrogen and oxygen atoms in total. The van der Waals surface area contributed by atoms with E-state index in [0.29, 0.717) is 31.1 Å². The highest BCUT2D eigenvalue weighted by atomic mass is 16.6. The van der Waals surface area contributed by atoms with Gasteiger partial charge in [0.2, 0.25) is 0 Å². The Bertz CT molecular complexity index is 468. The van der Waals surface area contributed by atoms with Crippen molar-refractivity contribution in [1.29, 1.82) is 0 Å². The summed E-state index contributed by atoms with van der Waals surface area (Å²) < 4.78 is 20.7. The summed E-state index contributed by atoms with van der Waals surface area (Å²) in [6, 6.07) is 3.15. The van der Waals surface area contributed by atoms with Crippen LogP contribution in [-0.2, 0) is 9.47 Å². The molecule has 1 heterocycles. The molecule has 0 radical (unpaired) electrons. The van der Waals surface area contributed by atoms with Crippen molar-refractivity contribution in [2.75, 3.05) is 33.2 Å². The number of anilines is 1. The Hall–Kier alpha value is -1.95. The van der Waals surface area contributed by atoms with Gasteiger partial charge in [-0.15, -0.1) is 0 Å². The van der Waals surface area contributed by atoms with Crippen LogP contribution in [0.4, 0.5) is 5.69 Å². The summed E-state index contributed by atoms with van der Waals surface area (Å²) in [5, 5.41) is 0. The van der Waals surface area contributed by atoms with Gasteiger partial charge >= 0.3 is 5.97 Å². The summed E-state index contributed by atoms with van der Waals surface area (Å²) in [6.07, 6.45) is 0.483. The van der Waals surface area contributed by atoms with Gasteiger partial charge in [-0.1, -0.05) is 0 Å². The summed E-state index contributed by atoms with van der Waals surface area (Å²) in [6.45, 7) is 1.03. The molecule has 0 saturated carbocycles. The predicted octanol–water partition coefficient (Wildman–Crippen LogP) is 1.23. The van der Waals surface area contributed by atoms with Gasteiger partial charge in [0.1, 0.15) is 17.6 Å². The van der Waals surface area contributed by atoms with Gasteiger partial charge in [0.05, 0.1) is 38.7 Å². The number of ether oxygens (including phenoxy) is 4. The first-order valence-corrected chi connectivity index (χ1v) is 5.96. The fourth-order valence-electron chi connectivity index (χ4n) is 1.88. The van der Waals surface area contributed by atoms with E-state index in [-0.39, 0.29) is 17.4 Å². The van der Waals surface area contributed by atoms with Crippen molar-refractivity contribution in [2.45, 2.75) is 12.5 Å². The van der Waals surface area contributed by atoms with Gasteiger partial charge in [0.15, 0.2) is 0 Å². The Balaban J connectivity index is 2.23. The maximum absolute atomic E-state index is 12.1. The van der Waals surface area contributed by atoms with Crippen LogP contribution in [0.5, 0.6) is 11.5 Å². The molecule has 1 aromatic carbocycles. The van der Waals surface area contributed by atoms with Crippen molar-refractivity contribution in [3.8, 4) is 11.5 Å². The molecule has 1 aromatic rings. The average molecular weight is 267 g/mol. The van der Waals surface area contributed by atoms with Crippen molar-refractivity contribution < 1.29 is 23.7 Å². The van der Waals surface area contributed by atoms with Crippen molar-refractivity contribution in [3.05, 3.63) is 17.7 Å². The van der Waals surface area contributed by atoms with E-state index < -0.39 is 5.97 Å². The molecule has 1 unspecified atom stereocenters. The minimum Gasteiger partial charge on any atom is -0.497 e. The van der Waals surface area contributed by atoms with Crippen LogP contribution >= 0.6 is 0 Å². The predicted molar refractivity (Wildman–Crippen MR) is 68.6 cm³/mol. The number of hydrogen-bond donors (Lipinski definition) is 1. The molecule has 1 fully saturated rings. The lowest BCUT2D eigenvalue weighted by Crippen LogP contribution is -2.19. The van der Waals surface area contributed by atoms with Gasteiger partial charge < -0.3 is 24.7 Å². The molecule has 2 rings (SSSR count). The Labute approximate surface area is 111 Å². The quantitative estimate of drug-likeness (QED) is 0.653. The number of hydrogen-bond acceptors (Lipinski definition) is 6. The molecular weight excluding hydrogens is 250 g/mol. The first-order valence-electron chi connectivity index (χ1n) is 5.96. The van der Waals surface area contributed by atoms with E-state index in [1.807, 2.05) is 0 Å². The molecule has 104 valence electrons. The van der Waals surface area contributed by atoms with Gasteiger partial charge in [0.25, 0.3) is 0 Å². The number of methoxy groups -OCH3 is 2. The molecule has 0 aromatic heterocycles. The monoisotopic (exact) mass is 267 g/mol. The van der Waals surface area contributed by atoms with Gasteiger partial charge in [0, 0.05) is 12.5 Å². The zero-order valence-electron chi connectivity index (χ0n) is 11.0. The third-order valence-corrected chi connectivity index (χ3v) is 2.95. The summed E-state index contributed by atoms with van der Waals surface area (Å²) in [4.78, 5) is 12.1. The molecule has 1 aliphatic rings. The van der Waals surface area contributed by atoms with Crippen LogP contribution in [-0.4, -0.2) is 39.5 Å². The van der Waals surface area contributed by atoms with Crippen LogP contribution in [0, 0.1) is 0 Å². The van der Waals surface area contributed by atoms with Crippen LogP contribution in [0.2, 0.25) is 0 Å². The van der Waals surface area contributed by atoms with E-state index >= 15 is 0 Å². The Morgan fingerprint density at radius 1 is 1.37 bits per heavy atom. The third kappa shape index (κ3) is 2.90. The Morgan fingerprint density at radius 3 is 2.74 bits per heavy atom. The van der Waals surface area contributed by atoms with Gasteiger partial charge in [-0.2, -0.15) is 0 Å². The Kier molecular flexibility index (Phi) is 4.11. The minimum absolute atomic E-state index is 0.218. The van der Waals surface area contributed by atoms with E-state index in [0.717, 1.165) is 0 Å². The van der Waals surface area contributed by atoms with Crippen molar-refractivity contribution in [2.24, 2.45) is 0 Å². The van der Waals surface area contributed by atoms with E-state index in [1.165, 1.54) is 20.3 Å². The zero-order valence-corrected chi connectivity index (χ0v) is 11.0. The van der Waals surface area contributed by atoms with Crippen LogP contribution in [0.25, 0.3) is 0 Å². The molecule has 0 amide bonds. The lowest BCUT2D eigenvalue weighted by atomic mass is 10.1. The summed E-state index contributed by atoms with van der Waals surface area (Å²) >= 11 is 0. The number of carbonyl (C=O) groups excluding carboxylic acids is 1.